The van der Waals surface area contributed by atoms with Crippen LogP contribution < -0.4 is 9.47 Å². The number of rotatable bonds is 10. The van der Waals surface area contributed by atoms with Crippen LogP contribution in [-0.2, 0) is 18.1 Å². The molecule has 0 bridgehead atoms. The minimum absolute atomic E-state index is 0.00811. The number of nitro groups is 1. The lowest BCUT2D eigenvalue weighted by atomic mass is 10.1. The minimum Gasteiger partial charge on any atom is -0.490 e. The molecule has 0 atom stereocenters. The molecule has 0 radical (unpaired) electrons. The zero-order chi connectivity index (χ0) is 23.6. The van der Waals surface area contributed by atoms with Crippen molar-refractivity contribution in [2.45, 2.75) is 20.1 Å². The molecule has 168 valence electrons. The van der Waals surface area contributed by atoms with E-state index in [0.29, 0.717) is 34.3 Å². The molecular formula is C24H20ClN3O5. The number of ether oxygens (including phenoxy) is 2. The largest absolute Gasteiger partial charge is 0.490 e. The molecule has 0 saturated heterocycles. The molecule has 3 rings (SSSR count). The predicted molar refractivity (Wildman–Crippen MR) is 124 cm³/mol. The lowest BCUT2D eigenvalue weighted by Crippen LogP contribution is -2.01. The quantitative estimate of drug-likeness (QED) is 0.217. The summed E-state index contributed by atoms with van der Waals surface area (Å²) in [5.74, 6) is 0.793. The molecule has 0 fully saturated rings. The maximum Gasteiger partial charge on any atom is 0.269 e. The highest BCUT2D eigenvalue weighted by atomic mass is 35.5. The Bertz CT molecular complexity index is 1190. The Labute approximate surface area is 195 Å². The zero-order valence-corrected chi connectivity index (χ0v) is 18.5. The normalized spacial score (nSPS) is 10.6. The fourth-order valence-electron chi connectivity index (χ4n) is 2.90. The van der Waals surface area contributed by atoms with Gasteiger partial charge in [0, 0.05) is 23.3 Å². The first-order valence-corrected chi connectivity index (χ1v) is 10.4. The second-order valence-electron chi connectivity index (χ2n) is 6.75. The van der Waals surface area contributed by atoms with E-state index in [4.69, 9.17) is 31.2 Å². The molecule has 33 heavy (non-hydrogen) atoms. The van der Waals surface area contributed by atoms with Crippen LogP contribution in [0.25, 0.3) is 0 Å². The van der Waals surface area contributed by atoms with E-state index in [1.54, 1.807) is 42.5 Å². The van der Waals surface area contributed by atoms with E-state index in [1.165, 1.54) is 18.3 Å². The third-order valence-electron chi connectivity index (χ3n) is 4.50. The van der Waals surface area contributed by atoms with Crippen molar-refractivity contribution in [1.82, 2.24) is 0 Å². The van der Waals surface area contributed by atoms with E-state index in [2.05, 4.69) is 11.2 Å². The summed E-state index contributed by atoms with van der Waals surface area (Å²) in [4.78, 5) is 15.7. The first-order valence-electron chi connectivity index (χ1n) is 9.97. The smallest absolute Gasteiger partial charge is 0.269 e. The molecule has 0 aliphatic rings. The second kappa shape index (κ2) is 11.5. The van der Waals surface area contributed by atoms with Crippen LogP contribution in [0.2, 0.25) is 5.02 Å². The molecule has 9 heteroatoms. The Hall–Kier alpha value is -4.09. The number of hydrogen-bond donors (Lipinski definition) is 0. The van der Waals surface area contributed by atoms with Crippen LogP contribution in [0.3, 0.4) is 0 Å². The Morgan fingerprint density at radius 1 is 1.12 bits per heavy atom. The summed E-state index contributed by atoms with van der Waals surface area (Å²) in [6, 6.07) is 18.7. The average molecular weight is 466 g/mol. The predicted octanol–water partition coefficient (Wildman–Crippen LogP) is 5.65. The van der Waals surface area contributed by atoms with Gasteiger partial charge in [-0.1, -0.05) is 35.0 Å². The van der Waals surface area contributed by atoms with E-state index in [1.807, 2.05) is 13.0 Å². The fourth-order valence-corrected chi connectivity index (χ4v) is 3.17. The molecule has 8 nitrogen and oxygen atoms in total. The Morgan fingerprint density at radius 3 is 2.58 bits per heavy atom. The van der Waals surface area contributed by atoms with Crippen LogP contribution in [0.4, 0.5) is 5.69 Å². The fraction of sp³-hybridized carbons (Fsp3) is 0.167. The molecule has 3 aromatic rings. The van der Waals surface area contributed by atoms with Crippen LogP contribution in [0.5, 0.6) is 11.5 Å². The van der Waals surface area contributed by atoms with Gasteiger partial charge in [0.05, 0.1) is 34.4 Å². The van der Waals surface area contributed by atoms with Gasteiger partial charge in [0.1, 0.15) is 13.2 Å². The molecule has 0 spiro atoms. The van der Waals surface area contributed by atoms with Gasteiger partial charge in [-0.15, -0.1) is 0 Å². The monoisotopic (exact) mass is 465 g/mol. The van der Waals surface area contributed by atoms with Crippen molar-refractivity contribution in [3.05, 3.63) is 98.1 Å². The molecule has 0 aliphatic carbocycles. The molecule has 0 heterocycles. The van der Waals surface area contributed by atoms with Crippen molar-refractivity contribution in [1.29, 1.82) is 5.26 Å². The van der Waals surface area contributed by atoms with Gasteiger partial charge in [-0.25, -0.2) is 0 Å². The molecule has 0 aromatic heterocycles. The van der Waals surface area contributed by atoms with Gasteiger partial charge in [0.15, 0.2) is 11.5 Å². The highest BCUT2D eigenvalue weighted by Crippen LogP contribution is 2.37. The Morgan fingerprint density at radius 2 is 1.88 bits per heavy atom. The van der Waals surface area contributed by atoms with Gasteiger partial charge in [-0.3, -0.25) is 10.1 Å². The van der Waals surface area contributed by atoms with Gasteiger partial charge in [0.2, 0.25) is 0 Å². The number of halogens is 1. The highest BCUT2D eigenvalue weighted by molar-refractivity contribution is 6.32. The summed E-state index contributed by atoms with van der Waals surface area (Å²) in [6.45, 7) is 2.55. The highest BCUT2D eigenvalue weighted by Gasteiger charge is 2.13. The summed E-state index contributed by atoms with van der Waals surface area (Å²) in [5.41, 5.74) is 2.66. The van der Waals surface area contributed by atoms with Crippen molar-refractivity contribution in [3.63, 3.8) is 0 Å². The standard InChI is InChI=1S/C24H20ClN3O5/c1-2-31-23-12-18(14-27-33-16-20-6-4-3-5-19(20)13-26)11-22(25)24(23)32-15-17-7-9-21(10-8-17)28(29)30/h3-12,14H,2,15-16H2,1H3/b27-14-. The summed E-state index contributed by atoms with van der Waals surface area (Å²) in [5, 5.41) is 24.2. The number of nitriles is 1. The van der Waals surface area contributed by atoms with Crippen LogP contribution >= 0.6 is 11.6 Å². The molecule has 3 aromatic carbocycles. The molecular weight excluding hydrogens is 446 g/mol. The van der Waals surface area contributed by atoms with Crippen LogP contribution in [0.1, 0.15) is 29.2 Å². The van der Waals surface area contributed by atoms with E-state index >= 15 is 0 Å². The number of benzene rings is 3. The zero-order valence-electron chi connectivity index (χ0n) is 17.7. The van der Waals surface area contributed by atoms with E-state index in [-0.39, 0.29) is 18.9 Å². The third-order valence-corrected chi connectivity index (χ3v) is 4.78. The average Bonchev–Trinajstić information content (AvgIpc) is 2.82. The van der Waals surface area contributed by atoms with Crippen molar-refractivity contribution in [2.24, 2.45) is 5.16 Å². The lowest BCUT2D eigenvalue weighted by molar-refractivity contribution is -0.384. The molecule has 0 amide bonds. The van der Waals surface area contributed by atoms with Gasteiger partial charge < -0.3 is 14.3 Å². The molecule has 0 N–H and O–H groups in total. The van der Waals surface area contributed by atoms with Crippen LogP contribution in [0, 0.1) is 21.4 Å². The Balaban J connectivity index is 1.69. The SMILES string of the molecule is CCOc1cc(/C=N\OCc2ccccc2C#N)cc(Cl)c1OCc1ccc([N+](=O)[O-])cc1. The van der Waals surface area contributed by atoms with Gasteiger partial charge in [-0.05, 0) is 42.8 Å². The molecule has 0 unspecified atom stereocenters. The summed E-state index contributed by atoms with van der Waals surface area (Å²) in [7, 11) is 0. The van der Waals surface area contributed by atoms with Crippen molar-refractivity contribution >= 4 is 23.5 Å². The summed E-state index contributed by atoms with van der Waals surface area (Å²) in [6.07, 6.45) is 1.49. The number of oxime groups is 1. The molecule has 0 saturated carbocycles. The van der Waals surface area contributed by atoms with E-state index in [0.717, 1.165) is 11.1 Å². The topological polar surface area (TPSA) is 107 Å². The number of hydrogen-bond acceptors (Lipinski definition) is 7. The van der Waals surface area contributed by atoms with Gasteiger partial charge >= 0.3 is 0 Å². The molecule has 0 aliphatic heterocycles. The van der Waals surface area contributed by atoms with E-state index in [9.17, 15) is 10.1 Å². The minimum atomic E-state index is -0.457. The summed E-state index contributed by atoms with van der Waals surface area (Å²) >= 11 is 6.42. The van der Waals surface area contributed by atoms with Crippen LogP contribution in [0.15, 0.2) is 65.8 Å². The van der Waals surface area contributed by atoms with E-state index < -0.39 is 4.92 Å². The first-order chi connectivity index (χ1) is 16.0. The first kappa shape index (κ1) is 23.6. The van der Waals surface area contributed by atoms with Gasteiger partial charge in [0.25, 0.3) is 5.69 Å². The Kier molecular flexibility index (Phi) is 8.22. The maximum atomic E-state index is 10.8. The summed E-state index contributed by atoms with van der Waals surface area (Å²) < 4.78 is 11.5. The number of nitrogens with zero attached hydrogens (tertiary/aromatic N) is 3. The van der Waals surface area contributed by atoms with Crippen molar-refractivity contribution < 1.29 is 19.2 Å². The van der Waals surface area contributed by atoms with Crippen LogP contribution in [-0.4, -0.2) is 17.7 Å². The maximum absolute atomic E-state index is 10.8. The van der Waals surface area contributed by atoms with Crippen molar-refractivity contribution in [2.75, 3.05) is 6.61 Å². The third kappa shape index (κ3) is 6.45. The van der Waals surface area contributed by atoms with Gasteiger partial charge in [-0.2, -0.15) is 5.26 Å². The number of non-ortho nitro benzene ring substituents is 1. The lowest BCUT2D eigenvalue weighted by Gasteiger charge is -2.14. The van der Waals surface area contributed by atoms with Crippen molar-refractivity contribution in [3.8, 4) is 17.6 Å². The number of nitro benzene ring substituents is 1. The second-order valence-corrected chi connectivity index (χ2v) is 7.16.